The van der Waals surface area contributed by atoms with E-state index in [4.69, 9.17) is 16.6 Å². The molecule has 7 heteroatoms. The van der Waals surface area contributed by atoms with Gasteiger partial charge in [0.25, 0.3) is 5.56 Å². The van der Waals surface area contributed by atoms with E-state index in [-0.39, 0.29) is 16.5 Å². The summed E-state index contributed by atoms with van der Waals surface area (Å²) in [5.74, 6) is 0.350. The number of rotatable bonds is 9. The van der Waals surface area contributed by atoms with Crippen molar-refractivity contribution in [1.82, 2.24) is 14.5 Å². The summed E-state index contributed by atoms with van der Waals surface area (Å²) in [5.41, 5.74) is 0.709. The number of benzene rings is 2. The van der Waals surface area contributed by atoms with Gasteiger partial charge < -0.3 is 4.90 Å². The van der Waals surface area contributed by atoms with Crippen molar-refractivity contribution in [1.29, 1.82) is 0 Å². The lowest BCUT2D eigenvalue weighted by molar-refractivity contribution is -0.134. The first kappa shape index (κ1) is 24.9. The predicted octanol–water partition coefficient (Wildman–Crippen LogP) is 6.30. The Bertz CT molecular complexity index is 1190. The minimum absolute atomic E-state index is 0.0381. The van der Waals surface area contributed by atoms with E-state index >= 15 is 0 Å². The average molecular weight is 472 g/mol. The Balaban J connectivity index is 2.28. The Kier molecular flexibility index (Phi) is 8.25. The molecule has 3 rings (SSSR count). The van der Waals surface area contributed by atoms with Gasteiger partial charge in [0.05, 0.1) is 27.7 Å². The van der Waals surface area contributed by atoms with Crippen LogP contribution in [0.15, 0.2) is 47.3 Å². The highest BCUT2D eigenvalue weighted by Crippen LogP contribution is 2.28. The van der Waals surface area contributed by atoms with Crippen molar-refractivity contribution >= 4 is 28.4 Å². The second-order valence-electron chi connectivity index (χ2n) is 8.67. The van der Waals surface area contributed by atoms with Gasteiger partial charge >= 0.3 is 0 Å². The van der Waals surface area contributed by atoms with Crippen LogP contribution in [0.5, 0.6) is 0 Å². The van der Waals surface area contributed by atoms with Gasteiger partial charge in [-0.1, -0.05) is 51.4 Å². The van der Waals surface area contributed by atoms with Gasteiger partial charge in [0.1, 0.15) is 11.6 Å². The number of halogens is 2. The highest BCUT2D eigenvalue weighted by molar-refractivity contribution is 6.30. The molecule has 0 saturated heterocycles. The molecule has 0 aliphatic carbocycles. The summed E-state index contributed by atoms with van der Waals surface area (Å²) < 4.78 is 15.4. The molecule has 0 saturated carbocycles. The number of amides is 1. The third-order valence-corrected chi connectivity index (χ3v) is 6.05. The van der Waals surface area contributed by atoms with Crippen molar-refractivity contribution in [2.75, 3.05) is 6.54 Å². The molecule has 0 radical (unpaired) electrons. The summed E-state index contributed by atoms with van der Waals surface area (Å²) in [4.78, 5) is 33.5. The van der Waals surface area contributed by atoms with Crippen LogP contribution in [0.1, 0.15) is 65.2 Å². The summed E-state index contributed by atoms with van der Waals surface area (Å²) in [5, 5.41) is 0.371. The molecule has 1 unspecified atom stereocenters. The topological polar surface area (TPSA) is 55.2 Å². The monoisotopic (exact) mass is 471 g/mol. The summed E-state index contributed by atoms with van der Waals surface area (Å²) in [6.45, 7) is 8.77. The Morgan fingerprint density at radius 1 is 1.18 bits per heavy atom. The van der Waals surface area contributed by atoms with E-state index in [2.05, 4.69) is 13.8 Å². The van der Waals surface area contributed by atoms with E-state index in [1.807, 2.05) is 24.8 Å². The van der Waals surface area contributed by atoms with Crippen LogP contribution in [-0.2, 0) is 4.79 Å². The van der Waals surface area contributed by atoms with Gasteiger partial charge in [-0.05, 0) is 55.5 Å². The van der Waals surface area contributed by atoms with Crippen molar-refractivity contribution in [3.05, 3.63) is 69.5 Å². The van der Waals surface area contributed by atoms with Crippen LogP contribution in [-0.4, -0.2) is 26.9 Å². The van der Waals surface area contributed by atoms with Crippen molar-refractivity contribution < 1.29 is 9.18 Å². The molecule has 0 spiro atoms. The first-order chi connectivity index (χ1) is 15.8. The largest absolute Gasteiger partial charge is 0.332 e. The number of fused-ring (bicyclic) bond motifs is 1. The summed E-state index contributed by atoms with van der Waals surface area (Å²) in [6.07, 6.45) is 2.58. The van der Waals surface area contributed by atoms with Crippen LogP contribution in [0, 0.1) is 11.7 Å². The lowest BCUT2D eigenvalue weighted by Gasteiger charge is -2.33. The van der Waals surface area contributed by atoms with Gasteiger partial charge in [-0.3, -0.25) is 14.2 Å². The van der Waals surface area contributed by atoms with Crippen molar-refractivity contribution in [2.24, 2.45) is 5.92 Å². The van der Waals surface area contributed by atoms with Gasteiger partial charge in [-0.25, -0.2) is 9.37 Å². The third kappa shape index (κ3) is 5.44. The van der Waals surface area contributed by atoms with Crippen molar-refractivity contribution in [3.8, 4) is 5.69 Å². The third-order valence-electron chi connectivity index (χ3n) is 5.76. The molecular formula is C26H31ClFN3O2. The van der Waals surface area contributed by atoms with E-state index in [0.29, 0.717) is 47.7 Å². The second-order valence-corrected chi connectivity index (χ2v) is 9.08. The Morgan fingerprint density at radius 3 is 2.55 bits per heavy atom. The molecule has 2 aromatic carbocycles. The van der Waals surface area contributed by atoms with E-state index < -0.39 is 11.9 Å². The number of carbonyl (C=O) groups excluding carboxylic acids is 1. The number of hydrogen-bond donors (Lipinski definition) is 0. The van der Waals surface area contributed by atoms with Gasteiger partial charge in [-0.15, -0.1) is 0 Å². The predicted molar refractivity (Wildman–Crippen MR) is 131 cm³/mol. The van der Waals surface area contributed by atoms with Gasteiger partial charge in [0.15, 0.2) is 0 Å². The van der Waals surface area contributed by atoms with Crippen LogP contribution < -0.4 is 5.56 Å². The molecule has 3 aromatic rings. The van der Waals surface area contributed by atoms with Crippen LogP contribution in [0.25, 0.3) is 16.6 Å². The number of nitrogens with zero attached hydrogens (tertiary/aromatic N) is 3. The zero-order valence-electron chi connectivity index (χ0n) is 19.6. The fourth-order valence-corrected chi connectivity index (χ4v) is 4.17. The SMILES string of the molecule is CCCC(=O)N(CCC(C)C)C(CC)c1nc2ccccc2c(=O)n1-c1ccc(F)c(Cl)c1. The minimum Gasteiger partial charge on any atom is -0.332 e. The zero-order chi connectivity index (χ0) is 24.1. The number of para-hydroxylation sites is 1. The number of carbonyl (C=O) groups is 1. The molecular weight excluding hydrogens is 441 g/mol. The average Bonchev–Trinajstić information content (AvgIpc) is 2.78. The molecule has 0 aliphatic rings. The molecule has 176 valence electrons. The fraction of sp³-hybridized carbons (Fsp3) is 0.423. The zero-order valence-corrected chi connectivity index (χ0v) is 20.4. The highest BCUT2D eigenvalue weighted by Gasteiger charge is 2.28. The van der Waals surface area contributed by atoms with E-state index in [1.54, 1.807) is 18.2 Å². The van der Waals surface area contributed by atoms with E-state index in [1.165, 1.54) is 22.8 Å². The summed E-state index contributed by atoms with van der Waals surface area (Å²) in [6, 6.07) is 10.9. The minimum atomic E-state index is -0.563. The summed E-state index contributed by atoms with van der Waals surface area (Å²) in [7, 11) is 0. The molecule has 1 atom stereocenters. The first-order valence-electron chi connectivity index (χ1n) is 11.5. The smallest absolute Gasteiger partial charge is 0.266 e. The van der Waals surface area contributed by atoms with Crippen LogP contribution in [0.2, 0.25) is 5.02 Å². The maximum absolute atomic E-state index is 13.9. The molecule has 33 heavy (non-hydrogen) atoms. The van der Waals surface area contributed by atoms with Crippen molar-refractivity contribution in [3.63, 3.8) is 0 Å². The standard InChI is InChI=1S/C26H31ClFN3O2/c1-5-9-24(32)30(15-14-17(3)4)23(6-2)25-29-22-11-8-7-10-19(22)26(33)31(25)18-12-13-21(28)20(27)16-18/h7-8,10-13,16-17,23H,5-6,9,14-15H2,1-4H3. The van der Waals surface area contributed by atoms with Crippen LogP contribution >= 0.6 is 11.6 Å². The van der Waals surface area contributed by atoms with Crippen LogP contribution in [0.4, 0.5) is 4.39 Å². The number of hydrogen-bond acceptors (Lipinski definition) is 3. The Morgan fingerprint density at radius 2 is 1.91 bits per heavy atom. The lowest BCUT2D eigenvalue weighted by atomic mass is 10.1. The summed E-state index contributed by atoms with van der Waals surface area (Å²) >= 11 is 6.06. The fourth-order valence-electron chi connectivity index (χ4n) is 4.00. The first-order valence-corrected chi connectivity index (χ1v) is 11.9. The van der Waals surface area contributed by atoms with Crippen molar-refractivity contribution in [2.45, 2.75) is 59.4 Å². The molecule has 1 heterocycles. The molecule has 1 aromatic heterocycles. The Hall–Kier alpha value is -2.73. The quantitative estimate of drug-likeness (QED) is 0.367. The van der Waals surface area contributed by atoms with Gasteiger partial charge in [0, 0.05) is 13.0 Å². The molecule has 0 fully saturated rings. The Labute approximate surface area is 199 Å². The maximum atomic E-state index is 13.9. The molecule has 0 bridgehead atoms. The maximum Gasteiger partial charge on any atom is 0.266 e. The van der Waals surface area contributed by atoms with Gasteiger partial charge in [0.2, 0.25) is 5.91 Å². The molecule has 1 amide bonds. The van der Waals surface area contributed by atoms with Gasteiger partial charge in [-0.2, -0.15) is 0 Å². The van der Waals surface area contributed by atoms with E-state index in [9.17, 15) is 14.0 Å². The molecule has 5 nitrogen and oxygen atoms in total. The molecule has 0 N–H and O–H groups in total. The normalized spacial score (nSPS) is 12.3. The van der Waals surface area contributed by atoms with E-state index in [0.717, 1.165) is 12.8 Å². The second kappa shape index (κ2) is 10.9. The molecule has 0 aliphatic heterocycles. The van der Waals surface area contributed by atoms with Crippen LogP contribution in [0.3, 0.4) is 0 Å². The highest BCUT2D eigenvalue weighted by atomic mass is 35.5. The number of aromatic nitrogens is 2. The lowest BCUT2D eigenvalue weighted by Crippen LogP contribution is -2.39.